The number of hydrogen-bond acceptors (Lipinski definition) is 3. The van der Waals surface area contributed by atoms with Gasteiger partial charge in [0.25, 0.3) is 0 Å². The molecule has 1 heterocycles. The van der Waals surface area contributed by atoms with Crippen molar-refractivity contribution in [3.63, 3.8) is 0 Å². The highest BCUT2D eigenvalue weighted by molar-refractivity contribution is 7.80. The van der Waals surface area contributed by atoms with Gasteiger partial charge in [0.1, 0.15) is 0 Å². The van der Waals surface area contributed by atoms with E-state index in [1.807, 2.05) is 12.1 Å². The second-order valence-corrected chi connectivity index (χ2v) is 7.31. The van der Waals surface area contributed by atoms with Crippen LogP contribution in [0, 0.1) is 0 Å². The van der Waals surface area contributed by atoms with Crippen LogP contribution in [-0.4, -0.2) is 30.8 Å². The van der Waals surface area contributed by atoms with E-state index in [9.17, 15) is 0 Å². The molecule has 4 nitrogen and oxygen atoms in total. The van der Waals surface area contributed by atoms with E-state index in [0.717, 1.165) is 24.5 Å². The van der Waals surface area contributed by atoms with Crippen LogP contribution >= 0.6 is 35.4 Å². The maximum Gasteiger partial charge on any atom is 0.173 e. The lowest BCUT2D eigenvalue weighted by Crippen LogP contribution is -2.41. The third-order valence-electron chi connectivity index (χ3n) is 4.62. The van der Waals surface area contributed by atoms with Gasteiger partial charge in [-0.25, -0.2) is 0 Å². The first kappa shape index (κ1) is 19.1. The number of nitrogens with zero attached hydrogens (tertiary/aromatic N) is 1. The van der Waals surface area contributed by atoms with Crippen molar-refractivity contribution in [2.45, 2.75) is 19.4 Å². The van der Waals surface area contributed by atoms with Crippen molar-refractivity contribution in [2.75, 3.05) is 26.1 Å². The Labute approximate surface area is 169 Å². The van der Waals surface area contributed by atoms with Gasteiger partial charge in [0.2, 0.25) is 0 Å². The third-order valence-corrected chi connectivity index (χ3v) is 5.52. The van der Waals surface area contributed by atoms with E-state index >= 15 is 0 Å². The van der Waals surface area contributed by atoms with Crippen LogP contribution in [0.25, 0.3) is 0 Å². The minimum Gasteiger partial charge on any atom is -0.493 e. The summed E-state index contributed by atoms with van der Waals surface area (Å²) >= 11 is 17.9. The molecule has 0 amide bonds. The molecule has 0 radical (unpaired) electrons. The molecule has 0 saturated carbocycles. The minimum absolute atomic E-state index is 0.0940. The SMILES string of the molecule is COc1cc2c(cc1OC)[C@@H](C)N(C(=S)Nc1cc(Cl)ccc1Cl)CC2. The maximum absolute atomic E-state index is 6.24. The predicted molar refractivity (Wildman–Crippen MR) is 111 cm³/mol. The highest BCUT2D eigenvalue weighted by Crippen LogP contribution is 2.38. The van der Waals surface area contributed by atoms with Crippen LogP contribution in [0.3, 0.4) is 0 Å². The van der Waals surface area contributed by atoms with E-state index in [-0.39, 0.29) is 6.04 Å². The highest BCUT2D eigenvalue weighted by atomic mass is 35.5. The zero-order valence-corrected chi connectivity index (χ0v) is 17.1. The molecule has 2 aromatic carbocycles. The van der Waals surface area contributed by atoms with Crippen molar-refractivity contribution >= 4 is 46.2 Å². The Hall–Kier alpha value is -1.69. The monoisotopic (exact) mass is 410 g/mol. The Bertz CT molecular complexity index is 845. The van der Waals surface area contributed by atoms with Gasteiger partial charge >= 0.3 is 0 Å². The Kier molecular flexibility index (Phi) is 5.80. The number of fused-ring (bicyclic) bond motifs is 1. The van der Waals surface area contributed by atoms with Crippen molar-refractivity contribution in [3.8, 4) is 11.5 Å². The fourth-order valence-electron chi connectivity index (χ4n) is 3.20. The summed E-state index contributed by atoms with van der Waals surface area (Å²) in [5.74, 6) is 1.47. The zero-order chi connectivity index (χ0) is 18.8. The van der Waals surface area contributed by atoms with Crippen LogP contribution in [0.1, 0.15) is 24.1 Å². The number of thiocarbonyl (C=S) groups is 1. The molecule has 0 fully saturated rings. The number of anilines is 1. The van der Waals surface area contributed by atoms with Gasteiger partial charge in [0.15, 0.2) is 16.6 Å². The quantitative estimate of drug-likeness (QED) is 0.691. The summed E-state index contributed by atoms with van der Waals surface area (Å²) in [6.45, 7) is 2.92. The average Bonchev–Trinajstić information content (AvgIpc) is 2.64. The molecule has 1 aliphatic rings. The molecule has 0 bridgehead atoms. The molecule has 1 N–H and O–H groups in total. The number of hydrogen-bond donors (Lipinski definition) is 1. The van der Waals surface area contributed by atoms with Crippen LogP contribution in [0.15, 0.2) is 30.3 Å². The first-order valence-electron chi connectivity index (χ1n) is 8.22. The topological polar surface area (TPSA) is 33.7 Å². The molecule has 138 valence electrons. The summed E-state index contributed by atoms with van der Waals surface area (Å²) in [4.78, 5) is 2.14. The summed E-state index contributed by atoms with van der Waals surface area (Å²) in [7, 11) is 3.29. The molecule has 7 heteroatoms. The molecule has 0 unspecified atom stereocenters. The molecule has 1 aliphatic heterocycles. The third kappa shape index (κ3) is 3.70. The van der Waals surface area contributed by atoms with Crippen LogP contribution in [0.5, 0.6) is 11.5 Å². The van der Waals surface area contributed by atoms with Crippen molar-refractivity contribution in [2.24, 2.45) is 0 Å². The number of ether oxygens (including phenoxy) is 2. The second-order valence-electron chi connectivity index (χ2n) is 6.08. The normalized spacial score (nSPS) is 16.0. The summed E-state index contributed by atoms with van der Waals surface area (Å²) in [6, 6.07) is 9.44. The smallest absolute Gasteiger partial charge is 0.173 e. The van der Waals surface area contributed by atoms with Crippen LogP contribution < -0.4 is 14.8 Å². The van der Waals surface area contributed by atoms with E-state index in [4.69, 9.17) is 44.9 Å². The molecule has 0 aromatic heterocycles. The lowest BCUT2D eigenvalue weighted by atomic mass is 9.93. The summed E-state index contributed by atoms with van der Waals surface area (Å²) < 4.78 is 10.9. The van der Waals surface area contributed by atoms with Crippen LogP contribution in [0.4, 0.5) is 5.69 Å². The lowest BCUT2D eigenvalue weighted by molar-refractivity contribution is 0.316. The fourth-order valence-corrected chi connectivity index (χ4v) is 3.90. The van der Waals surface area contributed by atoms with E-state index in [1.165, 1.54) is 11.1 Å². The molecule has 0 aliphatic carbocycles. The van der Waals surface area contributed by atoms with Gasteiger partial charge in [-0.3, -0.25) is 0 Å². The Morgan fingerprint density at radius 2 is 1.85 bits per heavy atom. The highest BCUT2D eigenvalue weighted by Gasteiger charge is 2.27. The number of halogens is 2. The van der Waals surface area contributed by atoms with Gasteiger partial charge in [0.05, 0.1) is 31.0 Å². The Morgan fingerprint density at radius 1 is 1.15 bits per heavy atom. The van der Waals surface area contributed by atoms with E-state index in [2.05, 4.69) is 17.1 Å². The second kappa shape index (κ2) is 7.91. The first-order valence-corrected chi connectivity index (χ1v) is 9.38. The van der Waals surface area contributed by atoms with Crippen molar-refractivity contribution < 1.29 is 9.47 Å². The van der Waals surface area contributed by atoms with Gasteiger partial charge in [-0.05, 0) is 67.0 Å². The number of benzene rings is 2. The maximum atomic E-state index is 6.24. The lowest BCUT2D eigenvalue weighted by Gasteiger charge is -2.37. The molecular formula is C19H20Cl2N2O2S. The fraction of sp³-hybridized carbons (Fsp3) is 0.316. The molecule has 1 atom stereocenters. The molecule has 0 spiro atoms. The molecule has 0 saturated heterocycles. The zero-order valence-electron chi connectivity index (χ0n) is 14.8. The van der Waals surface area contributed by atoms with Crippen LogP contribution in [-0.2, 0) is 6.42 Å². The summed E-state index contributed by atoms with van der Waals surface area (Å²) in [6.07, 6.45) is 0.866. The first-order chi connectivity index (χ1) is 12.4. The largest absolute Gasteiger partial charge is 0.493 e. The van der Waals surface area contributed by atoms with Gasteiger partial charge in [-0.15, -0.1) is 0 Å². The number of nitrogens with one attached hydrogen (secondary N) is 1. The van der Waals surface area contributed by atoms with Gasteiger partial charge < -0.3 is 19.7 Å². The Balaban J connectivity index is 1.85. The summed E-state index contributed by atoms with van der Waals surface area (Å²) in [5.41, 5.74) is 3.12. The molecular weight excluding hydrogens is 391 g/mol. The number of rotatable bonds is 3. The standard InChI is InChI=1S/C19H20Cl2N2O2S/c1-11-14-10-18(25-3)17(24-2)8-12(14)6-7-23(11)19(26)22-16-9-13(20)4-5-15(16)21/h4-5,8-11H,6-7H2,1-3H3,(H,22,26)/t11-/m1/s1. The molecule has 2 aromatic rings. The minimum atomic E-state index is 0.0940. The van der Waals surface area contributed by atoms with Crippen LogP contribution in [0.2, 0.25) is 10.0 Å². The van der Waals surface area contributed by atoms with Crippen molar-refractivity contribution in [1.29, 1.82) is 0 Å². The molecule has 3 rings (SSSR count). The van der Waals surface area contributed by atoms with E-state index in [1.54, 1.807) is 32.4 Å². The van der Waals surface area contributed by atoms with Crippen molar-refractivity contribution in [3.05, 3.63) is 51.5 Å². The predicted octanol–water partition coefficient (Wildman–Crippen LogP) is 5.33. The van der Waals surface area contributed by atoms with Gasteiger partial charge in [0, 0.05) is 11.6 Å². The van der Waals surface area contributed by atoms with Gasteiger partial charge in [-0.1, -0.05) is 23.2 Å². The summed E-state index contributed by atoms with van der Waals surface area (Å²) in [5, 5.41) is 5.01. The van der Waals surface area contributed by atoms with Crippen molar-refractivity contribution in [1.82, 2.24) is 4.90 Å². The van der Waals surface area contributed by atoms with E-state index < -0.39 is 0 Å². The molecule has 26 heavy (non-hydrogen) atoms. The number of methoxy groups -OCH3 is 2. The average molecular weight is 411 g/mol. The van der Waals surface area contributed by atoms with E-state index in [0.29, 0.717) is 20.8 Å². The Morgan fingerprint density at radius 3 is 2.54 bits per heavy atom. The van der Waals surface area contributed by atoms with Gasteiger partial charge in [-0.2, -0.15) is 0 Å².